The second-order valence-electron chi connectivity index (χ2n) is 5.74. The van der Waals surface area contributed by atoms with Gasteiger partial charge in [0.25, 0.3) is 5.91 Å². The highest BCUT2D eigenvalue weighted by Crippen LogP contribution is 2.28. The Labute approximate surface area is 114 Å². The number of aryl methyl sites for hydroxylation is 1. The SMILES string of the molecule is CCn1ncc(N)c1C(=O)NC1CCC(C)CC1C. The Morgan fingerprint density at radius 1 is 1.53 bits per heavy atom. The third-order valence-corrected chi connectivity index (χ3v) is 4.13. The molecule has 1 aliphatic carbocycles. The Bertz CT molecular complexity index is 454. The monoisotopic (exact) mass is 264 g/mol. The van der Waals surface area contributed by atoms with Crippen LogP contribution in [0.1, 0.15) is 50.5 Å². The Balaban J connectivity index is 2.06. The number of anilines is 1. The fourth-order valence-electron chi connectivity index (χ4n) is 3.00. The second kappa shape index (κ2) is 5.63. The van der Waals surface area contributed by atoms with E-state index in [2.05, 4.69) is 24.3 Å². The number of aromatic nitrogens is 2. The number of nitrogens with two attached hydrogens (primary N) is 1. The molecule has 0 aromatic carbocycles. The van der Waals surface area contributed by atoms with Crippen LogP contribution in [0.5, 0.6) is 0 Å². The van der Waals surface area contributed by atoms with Crippen molar-refractivity contribution in [3.05, 3.63) is 11.9 Å². The Morgan fingerprint density at radius 2 is 2.26 bits per heavy atom. The van der Waals surface area contributed by atoms with Crippen LogP contribution in [-0.2, 0) is 6.54 Å². The zero-order valence-corrected chi connectivity index (χ0v) is 12.0. The number of rotatable bonds is 3. The van der Waals surface area contributed by atoms with Crippen molar-refractivity contribution in [2.24, 2.45) is 11.8 Å². The van der Waals surface area contributed by atoms with Gasteiger partial charge in [-0.2, -0.15) is 5.10 Å². The number of hydrogen-bond donors (Lipinski definition) is 2. The maximum atomic E-state index is 12.3. The average Bonchev–Trinajstić information content (AvgIpc) is 2.74. The van der Waals surface area contributed by atoms with Gasteiger partial charge in [0.1, 0.15) is 5.69 Å². The number of carbonyl (C=O) groups is 1. The van der Waals surface area contributed by atoms with Crippen LogP contribution in [0.25, 0.3) is 0 Å². The summed E-state index contributed by atoms with van der Waals surface area (Å²) in [6.45, 7) is 7.09. The van der Waals surface area contributed by atoms with Gasteiger partial charge in [-0.25, -0.2) is 0 Å². The van der Waals surface area contributed by atoms with E-state index in [9.17, 15) is 4.79 Å². The molecular weight excluding hydrogens is 240 g/mol. The molecule has 1 heterocycles. The number of nitrogens with zero attached hydrogens (tertiary/aromatic N) is 2. The smallest absolute Gasteiger partial charge is 0.271 e. The lowest BCUT2D eigenvalue weighted by molar-refractivity contribution is 0.0889. The van der Waals surface area contributed by atoms with E-state index in [0.29, 0.717) is 23.8 Å². The first-order valence-electron chi connectivity index (χ1n) is 7.15. The van der Waals surface area contributed by atoms with Gasteiger partial charge in [-0.15, -0.1) is 0 Å². The molecule has 5 heteroatoms. The number of amides is 1. The molecule has 1 aliphatic rings. The van der Waals surface area contributed by atoms with Crippen LogP contribution in [-0.4, -0.2) is 21.7 Å². The van der Waals surface area contributed by atoms with Gasteiger partial charge in [0, 0.05) is 12.6 Å². The summed E-state index contributed by atoms with van der Waals surface area (Å²) < 4.78 is 1.65. The maximum absolute atomic E-state index is 12.3. The molecule has 3 N–H and O–H groups in total. The van der Waals surface area contributed by atoms with Gasteiger partial charge >= 0.3 is 0 Å². The lowest BCUT2D eigenvalue weighted by Gasteiger charge is -2.33. The highest BCUT2D eigenvalue weighted by molar-refractivity contribution is 5.97. The number of nitrogen functional groups attached to an aromatic ring is 1. The van der Waals surface area contributed by atoms with Crippen LogP contribution in [0.2, 0.25) is 0 Å². The second-order valence-corrected chi connectivity index (χ2v) is 5.74. The zero-order valence-electron chi connectivity index (χ0n) is 12.0. The first-order valence-corrected chi connectivity index (χ1v) is 7.15. The van der Waals surface area contributed by atoms with Crippen LogP contribution in [0.15, 0.2) is 6.20 Å². The van der Waals surface area contributed by atoms with Crippen LogP contribution < -0.4 is 11.1 Å². The van der Waals surface area contributed by atoms with Crippen LogP contribution >= 0.6 is 0 Å². The minimum atomic E-state index is -0.0942. The van der Waals surface area contributed by atoms with Crippen molar-refractivity contribution in [2.45, 2.75) is 52.6 Å². The van der Waals surface area contributed by atoms with E-state index in [1.54, 1.807) is 10.9 Å². The van der Waals surface area contributed by atoms with Crippen molar-refractivity contribution < 1.29 is 4.79 Å². The summed E-state index contributed by atoms with van der Waals surface area (Å²) in [6, 6.07) is 0.253. The molecule has 0 spiro atoms. The van der Waals surface area contributed by atoms with Crippen LogP contribution in [0.3, 0.4) is 0 Å². The van der Waals surface area contributed by atoms with Gasteiger partial charge in [0.2, 0.25) is 0 Å². The van der Waals surface area contributed by atoms with E-state index < -0.39 is 0 Å². The molecule has 1 amide bonds. The van der Waals surface area contributed by atoms with E-state index in [0.717, 1.165) is 12.3 Å². The third kappa shape index (κ3) is 2.91. The Morgan fingerprint density at radius 3 is 2.89 bits per heavy atom. The van der Waals surface area contributed by atoms with E-state index in [1.807, 2.05) is 6.92 Å². The van der Waals surface area contributed by atoms with Gasteiger partial charge in [-0.3, -0.25) is 9.48 Å². The first kappa shape index (κ1) is 13.9. The third-order valence-electron chi connectivity index (χ3n) is 4.13. The standard InChI is InChI=1S/C14H24N4O/c1-4-18-13(11(15)8-16-18)14(19)17-12-6-5-9(2)7-10(12)3/h8-10,12H,4-7,15H2,1-3H3,(H,17,19). The Kier molecular flexibility index (Phi) is 4.12. The topological polar surface area (TPSA) is 72.9 Å². The molecular formula is C14H24N4O. The number of nitrogens with one attached hydrogen (secondary N) is 1. The van der Waals surface area contributed by atoms with Crippen molar-refractivity contribution in [1.29, 1.82) is 0 Å². The molecule has 19 heavy (non-hydrogen) atoms. The van der Waals surface area contributed by atoms with Crippen molar-refractivity contribution in [3.8, 4) is 0 Å². The normalized spacial score (nSPS) is 27.2. The van der Waals surface area contributed by atoms with Gasteiger partial charge in [-0.1, -0.05) is 13.8 Å². The van der Waals surface area contributed by atoms with E-state index in [1.165, 1.54) is 12.8 Å². The number of hydrogen-bond acceptors (Lipinski definition) is 3. The summed E-state index contributed by atoms with van der Waals surface area (Å²) in [7, 11) is 0. The molecule has 0 saturated heterocycles. The van der Waals surface area contributed by atoms with Crippen molar-refractivity contribution in [1.82, 2.24) is 15.1 Å². The Hall–Kier alpha value is -1.52. The lowest BCUT2D eigenvalue weighted by atomic mass is 9.80. The number of carbonyl (C=O) groups excluding carboxylic acids is 1. The summed E-state index contributed by atoms with van der Waals surface area (Å²) in [4.78, 5) is 12.3. The summed E-state index contributed by atoms with van der Waals surface area (Å²) in [5.41, 5.74) is 6.78. The molecule has 106 valence electrons. The molecule has 3 atom stereocenters. The minimum Gasteiger partial charge on any atom is -0.396 e. The summed E-state index contributed by atoms with van der Waals surface area (Å²) in [5.74, 6) is 1.18. The van der Waals surface area contributed by atoms with Gasteiger partial charge < -0.3 is 11.1 Å². The molecule has 0 aliphatic heterocycles. The summed E-state index contributed by atoms with van der Waals surface area (Å²) in [6.07, 6.45) is 4.95. The fourth-order valence-corrected chi connectivity index (χ4v) is 3.00. The molecule has 0 bridgehead atoms. The van der Waals surface area contributed by atoms with Crippen molar-refractivity contribution >= 4 is 11.6 Å². The lowest BCUT2D eigenvalue weighted by Crippen LogP contribution is -2.43. The first-order chi connectivity index (χ1) is 9.02. The molecule has 0 radical (unpaired) electrons. The molecule has 1 aromatic heterocycles. The van der Waals surface area contributed by atoms with Gasteiger partial charge in [-0.05, 0) is 38.0 Å². The predicted octanol–water partition coefficient (Wildman–Crippen LogP) is 2.04. The van der Waals surface area contributed by atoms with Gasteiger partial charge in [0.15, 0.2) is 0 Å². The molecule has 2 rings (SSSR count). The van der Waals surface area contributed by atoms with Crippen molar-refractivity contribution in [2.75, 3.05) is 5.73 Å². The predicted molar refractivity (Wildman–Crippen MR) is 75.7 cm³/mol. The highest BCUT2D eigenvalue weighted by atomic mass is 16.2. The van der Waals surface area contributed by atoms with Crippen molar-refractivity contribution in [3.63, 3.8) is 0 Å². The summed E-state index contributed by atoms with van der Waals surface area (Å²) >= 11 is 0. The van der Waals surface area contributed by atoms with Crippen LogP contribution in [0, 0.1) is 11.8 Å². The quantitative estimate of drug-likeness (QED) is 0.877. The minimum absolute atomic E-state index is 0.0942. The van der Waals surface area contributed by atoms with Gasteiger partial charge in [0.05, 0.1) is 11.9 Å². The zero-order chi connectivity index (χ0) is 14.0. The molecule has 1 fully saturated rings. The van der Waals surface area contributed by atoms with E-state index in [4.69, 9.17) is 5.73 Å². The summed E-state index contributed by atoms with van der Waals surface area (Å²) in [5, 5.41) is 7.24. The maximum Gasteiger partial charge on any atom is 0.271 e. The average molecular weight is 264 g/mol. The van der Waals surface area contributed by atoms with E-state index >= 15 is 0 Å². The molecule has 1 saturated carbocycles. The largest absolute Gasteiger partial charge is 0.396 e. The fraction of sp³-hybridized carbons (Fsp3) is 0.714. The highest BCUT2D eigenvalue weighted by Gasteiger charge is 2.28. The molecule has 5 nitrogen and oxygen atoms in total. The molecule has 1 aromatic rings. The van der Waals surface area contributed by atoms with Crippen LogP contribution in [0.4, 0.5) is 5.69 Å². The van der Waals surface area contributed by atoms with E-state index in [-0.39, 0.29) is 11.9 Å². The molecule has 3 unspecified atom stereocenters.